The molecule has 0 spiro atoms. The first-order valence-electron chi connectivity index (χ1n) is 9.61. The molecule has 2 aromatic carbocycles. The van der Waals surface area contributed by atoms with Crippen LogP contribution in [0.1, 0.15) is 0 Å². The predicted octanol–water partition coefficient (Wildman–Crippen LogP) is 4.76. The number of halogens is 1. The van der Waals surface area contributed by atoms with Gasteiger partial charge in [-0.2, -0.15) is 5.10 Å². The van der Waals surface area contributed by atoms with Crippen LogP contribution in [0.15, 0.2) is 73.4 Å². The Morgan fingerprint density at radius 3 is 2.58 bits per heavy atom. The van der Waals surface area contributed by atoms with Gasteiger partial charge in [0.2, 0.25) is 0 Å². The van der Waals surface area contributed by atoms with Crippen molar-refractivity contribution in [2.75, 3.05) is 0 Å². The average molecular weight is 407 g/mol. The molecule has 4 heterocycles. The third-order valence-corrected chi connectivity index (χ3v) is 5.18. The first-order valence-corrected chi connectivity index (χ1v) is 9.61. The van der Waals surface area contributed by atoms with E-state index in [4.69, 9.17) is 4.98 Å². The van der Waals surface area contributed by atoms with E-state index in [2.05, 4.69) is 30.1 Å². The summed E-state index contributed by atoms with van der Waals surface area (Å²) in [6.45, 7) is 0. The zero-order valence-corrected chi connectivity index (χ0v) is 16.0. The summed E-state index contributed by atoms with van der Waals surface area (Å²) < 4.78 is 13.8. The van der Waals surface area contributed by atoms with E-state index in [0.29, 0.717) is 28.3 Å². The molecule has 0 unspecified atom stereocenters. The van der Waals surface area contributed by atoms with E-state index < -0.39 is 0 Å². The van der Waals surface area contributed by atoms with Crippen molar-refractivity contribution in [3.8, 4) is 33.9 Å². The molecule has 0 aliphatic heterocycles. The fourth-order valence-electron chi connectivity index (χ4n) is 3.72. The number of hydrogen-bond donors (Lipinski definition) is 2. The summed E-state index contributed by atoms with van der Waals surface area (Å²) in [5.41, 5.74) is 6.21. The molecule has 0 aliphatic rings. The molecule has 0 bridgehead atoms. The second kappa shape index (κ2) is 6.81. The fraction of sp³-hybridized carbons (Fsp3) is 0. The van der Waals surface area contributed by atoms with Crippen LogP contribution < -0.4 is 0 Å². The van der Waals surface area contributed by atoms with Gasteiger partial charge in [0.05, 0.1) is 16.7 Å². The Balaban J connectivity index is 1.52. The van der Waals surface area contributed by atoms with E-state index in [-0.39, 0.29) is 5.82 Å². The van der Waals surface area contributed by atoms with E-state index in [1.807, 2.05) is 30.3 Å². The molecule has 0 saturated heterocycles. The molecule has 0 fully saturated rings. The van der Waals surface area contributed by atoms with Gasteiger partial charge in [-0.1, -0.05) is 18.2 Å². The van der Waals surface area contributed by atoms with Crippen molar-refractivity contribution in [3.05, 3.63) is 79.3 Å². The van der Waals surface area contributed by atoms with Crippen molar-refractivity contribution < 1.29 is 4.39 Å². The highest BCUT2D eigenvalue weighted by molar-refractivity contribution is 5.97. The fourth-order valence-corrected chi connectivity index (χ4v) is 3.72. The van der Waals surface area contributed by atoms with Crippen LogP contribution in [0.2, 0.25) is 0 Å². The van der Waals surface area contributed by atoms with Crippen LogP contribution in [0.3, 0.4) is 0 Å². The lowest BCUT2D eigenvalue weighted by molar-refractivity contribution is 0.628. The number of H-pyrrole nitrogens is 2. The number of imidazole rings is 1. The molecule has 0 aliphatic carbocycles. The third kappa shape index (κ3) is 2.93. The monoisotopic (exact) mass is 407 g/mol. The Morgan fingerprint density at radius 2 is 1.71 bits per heavy atom. The molecule has 7 nitrogen and oxygen atoms in total. The maximum absolute atomic E-state index is 13.8. The number of aromatic amines is 2. The molecule has 0 atom stereocenters. The SMILES string of the molecule is Fc1cccc(-c2nccc3[nH]c(-c4n[nH]c5ccc(-c6cncnc6)cc45)nc23)c1. The molecular formula is C23H14FN7. The van der Waals surface area contributed by atoms with Gasteiger partial charge in [0, 0.05) is 35.1 Å². The molecule has 2 N–H and O–H groups in total. The molecule has 0 saturated carbocycles. The Bertz CT molecular complexity index is 1550. The predicted molar refractivity (Wildman–Crippen MR) is 115 cm³/mol. The lowest BCUT2D eigenvalue weighted by Gasteiger charge is -2.01. The number of fused-ring (bicyclic) bond motifs is 2. The standard InChI is InChI=1S/C23H14FN7/c24-16-3-1-2-14(8-16)20-22-19(6-7-27-20)28-23(29-22)21-17-9-13(4-5-18(17)30-31-21)15-10-25-12-26-11-15/h1-12H,(H,28,29)(H,30,31). The summed E-state index contributed by atoms with van der Waals surface area (Å²) in [4.78, 5) is 20.7. The summed E-state index contributed by atoms with van der Waals surface area (Å²) in [7, 11) is 0. The van der Waals surface area contributed by atoms with Crippen molar-refractivity contribution in [3.63, 3.8) is 0 Å². The first-order chi connectivity index (χ1) is 15.3. The highest BCUT2D eigenvalue weighted by atomic mass is 19.1. The van der Waals surface area contributed by atoms with Gasteiger partial charge in [-0.3, -0.25) is 10.1 Å². The molecule has 31 heavy (non-hydrogen) atoms. The molecule has 0 radical (unpaired) electrons. The van der Waals surface area contributed by atoms with Gasteiger partial charge in [-0.25, -0.2) is 19.3 Å². The van der Waals surface area contributed by atoms with Gasteiger partial charge >= 0.3 is 0 Å². The van der Waals surface area contributed by atoms with Crippen molar-refractivity contribution >= 4 is 21.9 Å². The minimum Gasteiger partial charge on any atom is -0.336 e. The van der Waals surface area contributed by atoms with E-state index in [1.54, 1.807) is 24.7 Å². The van der Waals surface area contributed by atoms with E-state index >= 15 is 0 Å². The summed E-state index contributed by atoms with van der Waals surface area (Å²) in [6, 6.07) is 14.2. The number of hydrogen-bond acceptors (Lipinski definition) is 5. The number of nitrogens with zero attached hydrogens (tertiary/aromatic N) is 5. The van der Waals surface area contributed by atoms with Crippen molar-refractivity contribution in [1.29, 1.82) is 0 Å². The van der Waals surface area contributed by atoms with Gasteiger partial charge < -0.3 is 4.98 Å². The van der Waals surface area contributed by atoms with Gasteiger partial charge in [0.1, 0.15) is 23.4 Å². The lowest BCUT2D eigenvalue weighted by atomic mass is 10.1. The molecule has 148 valence electrons. The zero-order chi connectivity index (χ0) is 20.8. The molecule has 6 aromatic rings. The summed E-state index contributed by atoms with van der Waals surface area (Å²) in [5.74, 6) is 0.288. The van der Waals surface area contributed by atoms with Crippen LogP contribution in [0.25, 0.3) is 55.8 Å². The molecule has 0 amide bonds. The van der Waals surface area contributed by atoms with Crippen LogP contribution in [0.5, 0.6) is 0 Å². The zero-order valence-electron chi connectivity index (χ0n) is 16.0. The first kappa shape index (κ1) is 17.4. The smallest absolute Gasteiger partial charge is 0.159 e. The highest BCUT2D eigenvalue weighted by Gasteiger charge is 2.16. The van der Waals surface area contributed by atoms with Crippen LogP contribution in [-0.2, 0) is 0 Å². The average Bonchev–Trinajstić information content (AvgIpc) is 3.43. The topological polar surface area (TPSA) is 96.0 Å². The van der Waals surface area contributed by atoms with Crippen LogP contribution in [0, 0.1) is 5.82 Å². The quantitative estimate of drug-likeness (QED) is 0.441. The maximum atomic E-state index is 13.8. The highest BCUT2D eigenvalue weighted by Crippen LogP contribution is 2.32. The Labute approximate surface area is 175 Å². The number of pyridine rings is 1. The van der Waals surface area contributed by atoms with E-state index in [1.165, 1.54) is 18.5 Å². The lowest BCUT2D eigenvalue weighted by Crippen LogP contribution is -1.86. The Kier molecular flexibility index (Phi) is 3.82. The number of benzene rings is 2. The molecule has 8 heteroatoms. The molecule has 4 aromatic heterocycles. The van der Waals surface area contributed by atoms with Gasteiger partial charge in [-0.15, -0.1) is 0 Å². The largest absolute Gasteiger partial charge is 0.336 e. The number of aromatic nitrogens is 7. The number of rotatable bonds is 3. The van der Waals surface area contributed by atoms with Crippen molar-refractivity contribution in [1.82, 2.24) is 35.1 Å². The number of nitrogens with one attached hydrogen (secondary N) is 2. The summed E-state index contributed by atoms with van der Waals surface area (Å²) in [6.07, 6.45) is 6.72. The maximum Gasteiger partial charge on any atom is 0.159 e. The molecular weight excluding hydrogens is 393 g/mol. The second-order valence-electron chi connectivity index (χ2n) is 7.11. The minimum atomic E-state index is -0.317. The van der Waals surface area contributed by atoms with E-state index in [0.717, 1.165) is 27.5 Å². The molecule has 6 rings (SSSR count). The van der Waals surface area contributed by atoms with E-state index in [9.17, 15) is 4.39 Å². The van der Waals surface area contributed by atoms with Crippen LogP contribution >= 0.6 is 0 Å². The van der Waals surface area contributed by atoms with Crippen LogP contribution in [-0.4, -0.2) is 35.1 Å². The van der Waals surface area contributed by atoms with Gasteiger partial charge in [-0.05, 0) is 35.9 Å². The normalized spacial score (nSPS) is 11.4. The summed E-state index contributed by atoms with van der Waals surface area (Å²) >= 11 is 0. The van der Waals surface area contributed by atoms with Crippen molar-refractivity contribution in [2.24, 2.45) is 0 Å². The minimum absolute atomic E-state index is 0.317. The van der Waals surface area contributed by atoms with Gasteiger partial charge in [0.25, 0.3) is 0 Å². The second-order valence-corrected chi connectivity index (χ2v) is 7.11. The van der Waals surface area contributed by atoms with Crippen molar-refractivity contribution in [2.45, 2.75) is 0 Å². The Morgan fingerprint density at radius 1 is 0.806 bits per heavy atom. The summed E-state index contributed by atoms with van der Waals surface area (Å²) in [5, 5.41) is 8.46. The third-order valence-electron chi connectivity index (χ3n) is 5.18. The van der Waals surface area contributed by atoms with Gasteiger partial charge in [0.15, 0.2) is 5.82 Å². The Hall–Kier alpha value is -4.46. The van der Waals surface area contributed by atoms with Crippen LogP contribution in [0.4, 0.5) is 4.39 Å².